The summed E-state index contributed by atoms with van der Waals surface area (Å²) < 4.78 is 39.2. The van der Waals surface area contributed by atoms with E-state index in [1.807, 2.05) is 0 Å². The number of nitrogens with zero attached hydrogens (tertiary/aromatic N) is 2. The Morgan fingerprint density at radius 2 is 1.63 bits per heavy atom. The van der Waals surface area contributed by atoms with Crippen LogP contribution in [0.1, 0.15) is 49.3 Å². The number of hydrogen-bond acceptors (Lipinski definition) is 7. The fourth-order valence-electron chi connectivity index (χ4n) is 3.32. The van der Waals surface area contributed by atoms with Crippen LogP contribution in [0.3, 0.4) is 0 Å². The van der Waals surface area contributed by atoms with Crippen molar-refractivity contribution < 1.29 is 27.8 Å². The highest BCUT2D eigenvalue weighted by Gasteiger charge is 2.23. The van der Waals surface area contributed by atoms with E-state index in [2.05, 4.69) is 15.3 Å². The van der Waals surface area contributed by atoms with Crippen molar-refractivity contribution in [3.05, 3.63) is 70.9 Å². The number of anilines is 2. The van der Waals surface area contributed by atoms with Crippen LogP contribution in [-0.2, 0) is 20.7 Å². The van der Waals surface area contributed by atoms with Crippen LogP contribution in [0.5, 0.6) is 0 Å². The largest absolute Gasteiger partial charge is 0.462 e. The highest BCUT2D eigenvalue weighted by Crippen LogP contribution is 2.29. The van der Waals surface area contributed by atoms with Gasteiger partial charge in [0.25, 0.3) is 0 Å². The highest BCUT2D eigenvalue weighted by atomic mass is 19.1. The molecule has 0 atom stereocenters. The van der Waals surface area contributed by atoms with Gasteiger partial charge >= 0.3 is 11.9 Å². The first-order chi connectivity index (χ1) is 16.5. The molecule has 0 saturated carbocycles. The Labute approximate surface area is 202 Å². The Kier molecular flexibility index (Phi) is 7.78. The minimum absolute atomic E-state index is 0.0356. The molecule has 2 aromatic carbocycles. The highest BCUT2D eigenvalue weighted by molar-refractivity contribution is 5.97. The van der Waals surface area contributed by atoms with Gasteiger partial charge in [0, 0.05) is 5.69 Å². The van der Waals surface area contributed by atoms with Crippen molar-refractivity contribution in [2.24, 2.45) is 0 Å². The summed E-state index contributed by atoms with van der Waals surface area (Å²) in [4.78, 5) is 33.1. The quantitative estimate of drug-likeness (QED) is 0.442. The van der Waals surface area contributed by atoms with Crippen molar-refractivity contribution in [3.8, 4) is 11.4 Å². The molecule has 0 fully saturated rings. The van der Waals surface area contributed by atoms with E-state index in [9.17, 15) is 18.4 Å². The second-order valence-electron chi connectivity index (χ2n) is 8.76. The number of hydrogen-bond donors (Lipinski definition) is 1. The second-order valence-corrected chi connectivity index (χ2v) is 8.76. The molecule has 7 nitrogen and oxygen atoms in total. The summed E-state index contributed by atoms with van der Waals surface area (Å²) in [6, 6.07) is 10.3. The number of esters is 2. The predicted octanol–water partition coefficient (Wildman–Crippen LogP) is 5.53. The number of rotatable bonds is 7. The van der Waals surface area contributed by atoms with Crippen LogP contribution in [0.25, 0.3) is 11.4 Å². The molecule has 0 aliphatic carbocycles. The number of carbonyl (C=O) groups excluding carboxylic acids is 2. The Bertz CT molecular complexity index is 1220. The molecule has 35 heavy (non-hydrogen) atoms. The topological polar surface area (TPSA) is 90.4 Å². The third kappa shape index (κ3) is 6.59. The van der Waals surface area contributed by atoms with E-state index in [0.717, 1.165) is 17.7 Å². The number of benzene rings is 2. The Morgan fingerprint density at radius 1 is 1.00 bits per heavy atom. The third-order valence-corrected chi connectivity index (χ3v) is 4.74. The van der Waals surface area contributed by atoms with E-state index in [0.29, 0.717) is 5.69 Å². The summed E-state index contributed by atoms with van der Waals surface area (Å²) in [5.41, 5.74) is 0.513. The number of aromatic nitrogens is 2. The molecule has 3 aromatic rings. The molecule has 1 aromatic heterocycles. The van der Waals surface area contributed by atoms with E-state index in [4.69, 9.17) is 9.47 Å². The molecule has 0 bridgehead atoms. The fourth-order valence-corrected chi connectivity index (χ4v) is 3.32. The van der Waals surface area contributed by atoms with E-state index in [-0.39, 0.29) is 41.9 Å². The van der Waals surface area contributed by atoms with Crippen molar-refractivity contribution in [1.82, 2.24) is 9.97 Å². The first-order valence-corrected chi connectivity index (χ1v) is 11.1. The van der Waals surface area contributed by atoms with Gasteiger partial charge in [-0.2, -0.15) is 0 Å². The molecular weight excluding hydrogens is 456 g/mol. The maximum atomic E-state index is 14.4. The fraction of sp³-hybridized carbons (Fsp3) is 0.308. The SMILES string of the molecule is CCOC(=O)c1c(C)nc(-c2c(F)cccc2F)nc1Nc1ccc(CC(=O)OC(C)(C)C)cc1. The van der Waals surface area contributed by atoms with Gasteiger partial charge in [-0.05, 0) is 64.4 Å². The van der Waals surface area contributed by atoms with Gasteiger partial charge in [-0.15, -0.1) is 0 Å². The number of halogens is 2. The molecule has 9 heteroatoms. The molecule has 1 heterocycles. The van der Waals surface area contributed by atoms with Gasteiger partial charge in [-0.3, -0.25) is 4.79 Å². The lowest BCUT2D eigenvalue weighted by molar-refractivity contribution is -0.153. The number of aryl methyl sites for hydroxylation is 1. The van der Waals surface area contributed by atoms with Gasteiger partial charge in [0.1, 0.15) is 28.6 Å². The van der Waals surface area contributed by atoms with Gasteiger partial charge in [-0.25, -0.2) is 23.5 Å². The summed E-state index contributed by atoms with van der Waals surface area (Å²) in [6.07, 6.45) is 0.0922. The molecule has 1 N–H and O–H groups in total. The monoisotopic (exact) mass is 483 g/mol. The van der Waals surface area contributed by atoms with Crippen LogP contribution in [-0.4, -0.2) is 34.1 Å². The first kappa shape index (κ1) is 25.7. The van der Waals surface area contributed by atoms with Crippen molar-refractivity contribution in [2.45, 2.75) is 46.6 Å². The van der Waals surface area contributed by atoms with E-state index >= 15 is 0 Å². The molecule has 0 radical (unpaired) electrons. The van der Waals surface area contributed by atoms with E-state index in [1.54, 1.807) is 52.0 Å². The van der Waals surface area contributed by atoms with Crippen LogP contribution in [0.4, 0.5) is 20.3 Å². The smallest absolute Gasteiger partial charge is 0.343 e. The Hall–Kier alpha value is -3.88. The summed E-state index contributed by atoms with van der Waals surface area (Å²) in [6.45, 7) is 8.71. The minimum atomic E-state index is -0.828. The summed E-state index contributed by atoms with van der Waals surface area (Å²) in [5.74, 6) is -2.86. The second kappa shape index (κ2) is 10.6. The first-order valence-electron chi connectivity index (χ1n) is 11.1. The summed E-state index contributed by atoms with van der Waals surface area (Å²) in [5, 5.41) is 3.01. The van der Waals surface area contributed by atoms with E-state index < -0.39 is 28.8 Å². The Balaban J connectivity index is 1.95. The third-order valence-electron chi connectivity index (χ3n) is 4.74. The van der Waals surface area contributed by atoms with Crippen LogP contribution in [0.2, 0.25) is 0 Å². The van der Waals surface area contributed by atoms with Crippen LogP contribution < -0.4 is 5.32 Å². The lowest BCUT2D eigenvalue weighted by Crippen LogP contribution is -2.24. The van der Waals surface area contributed by atoms with Gasteiger partial charge in [0.15, 0.2) is 5.82 Å². The number of carbonyl (C=O) groups is 2. The van der Waals surface area contributed by atoms with Gasteiger partial charge in [0.2, 0.25) is 0 Å². The molecule has 184 valence electrons. The minimum Gasteiger partial charge on any atom is -0.462 e. The molecule has 0 aliphatic rings. The lowest BCUT2D eigenvalue weighted by Gasteiger charge is -2.19. The maximum absolute atomic E-state index is 14.4. The van der Waals surface area contributed by atoms with E-state index in [1.165, 1.54) is 13.0 Å². The average Bonchev–Trinajstić information content (AvgIpc) is 2.73. The normalized spacial score (nSPS) is 11.2. The van der Waals surface area contributed by atoms with Gasteiger partial charge < -0.3 is 14.8 Å². The van der Waals surface area contributed by atoms with Crippen molar-refractivity contribution in [3.63, 3.8) is 0 Å². The van der Waals surface area contributed by atoms with Gasteiger partial charge in [-0.1, -0.05) is 18.2 Å². The molecule has 0 unspecified atom stereocenters. The summed E-state index contributed by atoms with van der Waals surface area (Å²) in [7, 11) is 0. The summed E-state index contributed by atoms with van der Waals surface area (Å²) >= 11 is 0. The van der Waals surface area contributed by atoms with Gasteiger partial charge in [0.05, 0.1) is 24.3 Å². The molecule has 0 aliphatic heterocycles. The Morgan fingerprint density at radius 3 is 2.20 bits per heavy atom. The molecular formula is C26H27F2N3O4. The zero-order valence-corrected chi connectivity index (χ0v) is 20.2. The van der Waals surface area contributed by atoms with Crippen molar-refractivity contribution in [1.29, 1.82) is 0 Å². The standard InChI is InChI=1S/C26H27F2N3O4/c1-6-34-25(33)21-15(2)29-24(22-18(27)8-7-9-19(22)28)31-23(21)30-17-12-10-16(11-13-17)14-20(32)35-26(3,4)5/h7-13H,6,14H2,1-5H3,(H,29,30,31). The molecule has 0 amide bonds. The van der Waals surface area contributed by atoms with Crippen molar-refractivity contribution in [2.75, 3.05) is 11.9 Å². The van der Waals surface area contributed by atoms with Crippen LogP contribution in [0.15, 0.2) is 42.5 Å². The average molecular weight is 484 g/mol. The zero-order chi connectivity index (χ0) is 25.8. The molecule has 0 saturated heterocycles. The van der Waals surface area contributed by atoms with Crippen LogP contribution >= 0.6 is 0 Å². The lowest BCUT2D eigenvalue weighted by atomic mass is 10.1. The number of nitrogens with one attached hydrogen (secondary N) is 1. The predicted molar refractivity (Wildman–Crippen MR) is 127 cm³/mol. The molecule has 3 rings (SSSR count). The zero-order valence-electron chi connectivity index (χ0n) is 20.2. The number of ether oxygens (including phenoxy) is 2. The molecule has 0 spiro atoms. The maximum Gasteiger partial charge on any atom is 0.343 e. The van der Waals surface area contributed by atoms with Crippen LogP contribution in [0, 0.1) is 18.6 Å². The van der Waals surface area contributed by atoms with Crippen molar-refractivity contribution >= 4 is 23.4 Å².